The predicted octanol–water partition coefficient (Wildman–Crippen LogP) is 2.52. The highest BCUT2D eigenvalue weighted by atomic mass is 19.3. The average molecular weight is 246 g/mol. The number of nitrogens with zero attached hydrogens (tertiary/aromatic N) is 1. The summed E-state index contributed by atoms with van der Waals surface area (Å²) < 4.78 is 28.7. The van der Waals surface area contributed by atoms with Crippen molar-refractivity contribution in [2.24, 2.45) is 5.41 Å². The van der Waals surface area contributed by atoms with Crippen LogP contribution < -0.4 is 5.32 Å². The van der Waals surface area contributed by atoms with Crippen LogP contribution in [0, 0.1) is 5.41 Å². The molecule has 1 unspecified atom stereocenters. The Hall–Kier alpha value is -0.480. The summed E-state index contributed by atoms with van der Waals surface area (Å²) in [5, 5.41) is 3.09. The molecule has 0 aromatic carbocycles. The van der Waals surface area contributed by atoms with E-state index in [4.69, 9.17) is 0 Å². The third-order valence-electron chi connectivity index (χ3n) is 3.80. The van der Waals surface area contributed by atoms with Crippen LogP contribution in [0.3, 0.4) is 0 Å². The Balaban J connectivity index is 2.83. The van der Waals surface area contributed by atoms with Crippen LogP contribution in [0.25, 0.3) is 0 Å². The fraction of sp³-hybridized carbons (Fsp3) is 0.846. The number of rotatable bonds is 6. The highest BCUT2D eigenvalue weighted by molar-refractivity contribution is 5.02. The minimum Gasteiger partial charge on any atom is -0.316 e. The zero-order valence-corrected chi connectivity index (χ0v) is 10.9. The van der Waals surface area contributed by atoms with Gasteiger partial charge in [0.2, 0.25) is 0 Å². The molecule has 0 amide bonds. The quantitative estimate of drug-likeness (QED) is 0.724. The van der Waals surface area contributed by atoms with Gasteiger partial charge in [-0.2, -0.15) is 0 Å². The van der Waals surface area contributed by atoms with Gasteiger partial charge in [0.25, 0.3) is 5.92 Å². The molecular formula is C13H24F2N2. The standard InChI is InChI=1S/C13H24F2N2/c1-4-7-12(10-16-5-2)8-9-17(6-3)11-13(12,14)15/h4,16H,1,5-11H2,2-3H3. The van der Waals surface area contributed by atoms with Crippen LogP contribution in [0.4, 0.5) is 8.78 Å². The maximum Gasteiger partial charge on any atom is 0.267 e. The van der Waals surface area contributed by atoms with Gasteiger partial charge in [-0.15, -0.1) is 6.58 Å². The monoisotopic (exact) mass is 246 g/mol. The molecule has 0 aliphatic carbocycles. The van der Waals surface area contributed by atoms with Gasteiger partial charge in [-0.05, 0) is 32.5 Å². The molecule has 0 aromatic heterocycles. The summed E-state index contributed by atoms with van der Waals surface area (Å²) in [4.78, 5) is 1.83. The first-order valence-corrected chi connectivity index (χ1v) is 6.43. The molecule has 1 rings (SSSR count). The van der Waals surface area contributed by atoms with Crippen molar-refractivity contribution in [3.63, 3.8) is 0 Å². The molecule has 1 N–H and O–H groups in total. The molecule has 1 aliphatic rings. The largest absolute Gasteiger partial charge is 0.316 e. The zero-order chi connectivity index (χ0) is 12.9. The summed E-state index contributed by atoms with van der Waals surface area (Å²) >= 11 is 0. The number of piperidine rings is 1. The second kappa shape index (κ2) is 5.91. The molecule has 1 heterocycles. The van der Waals surface area contributed by atoms with E-state index in [2.05, 4.69) is 11.9 Å². The van der Waals surface area contributed by atoms with E-state index >= 15 is 0 Å². The molecule has 1 saturated heterocycles. The maximum absolute atomic E-state index is 14.3. The lowest BCUT2D eigenvalue weighted by Gasteiger charge is -2.47. The van der Waals surface area contributed by atoms with Crippen molar-refractivity contribution in [3.05, 3.63) is 12.7 Å². The minimum atomic E-state index is -2.64. The van der Waals surface area contributed by atoms with Gasteiger partial charge in [0.15, 0.2) is 0 Å². The number of likely N-dealkylation sites (tertiary alicyclic amines) is 1. The van der Waals surface area contributed by atoms with Crippen molar-refractivity contribution >= 4 is 0 Å². The van der Waals surface area contributed by atoms with Gasteiger partial charge >= 0.3 is 0 Å². The lowest BCUT2D eigenvalue weighted by Crippen LogP contribution is -2.59. The van der Waals surface area contributed by atoms with Crippen molar-refractivity contribution in [1.82, 2.24) is 10.2 Å². The van der Waals surface area contributed by atoms with Crippen LogP contribution in [0.5, 0.6) is 0 Å². The van der Waals surface area contributed by atoms with Crippen LogP contribution in [0.15, 0.2) is 12.7 Å². The normalized spacial score (nSPS) is 29.2. The molecule has 0 spiro atoms. The van der Waals surface area contributed by atoms with E-state index in [9.17, 15) is 8.78 Å². The molecule has 2 nitrogen and oxygen atoms in total. The third-order valence-corrected chi connectivity index (χ3v) is 3.80. The first kappa shape index (κ1) is 14.6. The number of hydrogen-bond acceptors (Lipinski definition) is 2. The van der Waals surface area contributed by atoms with E-state index in [0.717, 1.165) is 13.1 Å². The lowest BCUT2D eigenvalue weighted by molar-refractivity contribution is -0.165. The van der Waals surface area contributed by atoms with Gasteiger partial charge in [0.05, 0.1) is 12.0 Å². The summed E-state index contributed by atoms with van der Waals surface area (Å²) in [6.07, 6.45) is 2.55. The number of allylic oxidation sites excluding steroid dienone is 1. The molecule has 0 saturated carbocycles. The van der Waals surface area contributed by atoms with Crippen LogP contribution in [-0.2, 0) is 0 Å². The highest BCUT2D eigenvalue weighted by Crippen LogP contribution is 2.46. The van der Waals surface area contributed by atoms with Crippen LogP contribution in [-0.4, -0.2) is 43.5 Å². The van der Waals surface area contributed by atoms with Crippen LogP contribution in [0.1, 0.15) is 26.7 Å². The van der Waals surface area contributed by atoms with E-state index in [1.54, 1.807) is 6.08 Å². The van der Waals surface area contributed by atoms with E-state index in [-0.39, 0.29) is 6.54 Å². The van der Waals surface area contributed by atoms with Crippen molar-refractivity contribution in [2.45, 2.75) is 32.6 Å². The molecule has 0 aromatic rings. The highest BCUT2D eigenvalue weighted by Gasteiger charge is 2.55. The van der Waals surface area contributed by atoms with E-state index in [1.165, 1.54) is 0 Å². The number of halogens is 2. The second-order valence-electron chi connectivity index (χ2n) is 4.88. The van der Waals surface area contributed by atoms with Crippen molar-refractivity contribution in [3.8, 4) is 0 Å². The third kappa shape index (κ3) is 3.05. The van der Waals surface area contributed by atoms with Gasteiger partial charge < -0.3 is 5.32 Å². The Bertz CT molecular complexity index is 256. The van der Waals surface area contributed by atoms with Crippen molar-refractivity contribution in [1.29, 1.82) is 0 Å². The Morgan fingerprint density at radius 1 is 1.41 bits per heavy atom. The Morgan fingerprint density at radius 2 is 2.12 bits per heavy atom. The number of nitrogens with one attached hydrogen (secondary N) is 1. The van der Waals surface area contributed by atoms with Gasteiger partial charge in [-0.25, -0.2) is 8.78 Å². The zero-order valence-electron chi connectivity index (χ0n) is 10.9. The molecule has 0 radical (unpaired) electrons. The second-order valence-corrected chi connectivity index (χ2v) is 4.88. The van der Waals surface area contributed by atoms with Crippen molar-refractivity contribution < 1.29 is 8.78 Å². The molecule has 100 valence electrons. The maximum atomic E-state index is 14.3. The molecular weight excluding hydrogens is 222 g/mol. The summed E-state index contributed by atoms with van der Waals surface area (Å²) in [5.74, 6) is -2.64. The van der Waals surface area contributed by atoms with E-state index in [1.807, 2.05) is 18.7 Å². The average Bonchev–Trinajstić information content (AvgIpc) is 2.29. The molecule has 1 aliphatic heterocycles. The summed E-state index contributed by atoms with van der Waals surface area (Å²) in [5.41, 5.74) is -0.948. The van der Waals surface area contributed by atoms with Gasteiger partial charge in [-0.1, -0.05) is 19.9 Å². The van der Waals surface area contributed by atoms with Crippen LogP contribution in [0.2, 0.25) is 0 Å². The first-order valence-electron chi connectivity index (χ1n) is 6.43. The summed E-state index contributed by atoms with van der Waals surface area (Å²) in [6.45, 7) is 9.95. The Kier molecular flexibility index (Phi) is 5.07. The van der Waals surface area contributed by atoms with E-state index < -0.39 is 11.3 Å². The van der Waals surface area contributed by atoms with E-state index in [0.29, 0.717) is 25.9 Å². The smallest absolute Gasteiger partial charge is 0.267 e. The Labute approximate surface area is 103 Å². The fourth-order valence-electron chi connectivity index (χ4n) is 2.53. The summed E-state index contributed by atoms with van der Waals surface area (Å²) in [7, 11) is 0. The molecule has 4 heteroatoms. The Morgan fingerprint density at radius 3 is 2.59 bits per heavy atom. The molecule has 1 atom stereocenters. The summed E-state index contributed by atoms with van der Waals surface area (Å²) in [6, 6.07) is 0. The molecule has 17 heavy (non-hydrogen) atoms. The van der Waals surface area contributed by atoms with Gasteiger partial charge in [0.1, 0.15) is 0 Å². The fourth-order valence-corrected chi connectivity index (χ4v) is 2.53. The van der Waals surface area contributed by atoms with Crippen LogP contribution >= 0.6 is 0 Å². The van der Waals surface area contributed by atoms with Crippen molar-refractivity contribution in [2.75, 3.05) is 32.7 Å². The first-order chi connectivity index (χ1) is 8.01. The van der Waals surface area contributed by atoms with Gasteiger partial charge in [0, 0.05) is 6.54 Å². The SMILES string of the molecule is C=CCC1(CNCC)CCN(CC)CC1(F)F. The molecule has 1 fully saturated rings. The molecule has 0 bridgehead atoms. The van der Waals surface area contributed by atoms with Gasteiger partial charge in [-0.3, -0.25) is 4.90 Å². The topological polar surface area (TPSA) is 15.3 Å². The minimum absolute atomic E-state index is 0.122. The predicted molar refractivity (Wildman–Crippen MR) is 67.5 cm³/mol. The number of hydrogen-bond donors (Lipinski definition) is 1. The lowest BCUT2D eigenvalue weighted by atomic mass is 9.72. The number of alkyl halides is 2.